The van der Waals surface area contributed by atoms with Crippen molar-refractivity contribution in [3.8, 4) is 5.75 Å². The summed E-state index contributed by atoms with van der Waals surface area (Å²) in [6.45, 7) is 8.19. The number of aromatic nitrogens is 2. The molecule has 6 nitrogen and oxygen atoms in total. The molecule has 1 N–H and O–H groups in total. The number of urea groups is 1. The number of aryl methyl sites for hydroxylation is 2. The third-order valence-corrected chi connectivity index (χ3v) is 4.45. The van der Waals surface area contributed by atoms with Crippen LogP contribution in [0.4, 0.5) is 4.79 Å². The van der Waals surface area contributed by atoms with Crippen molar-refractivity contribution in [1.82, 2.24) is 20.0 Å². The van der Waals surface area contributed by atoms with Gasteiger partial charge >= 0.3 is 6.03 Å². The largest absolute Gasteiger partial charge is 0.497 e. The van der Waals surface area contributed by atoms with Crippen molar-refractivity contribution in [3.63, 3.8) is 0 Å². The number of carbonyl (C=O) groups excluding carboxylic acids is 1. The first kappa shape index (κ1) is 18.8. The third kappa shape index (κ3) is 4.75. The van der Waals surface area contributed by atoms with Gasteiger partial charge in [0.05, 0.1) is 12.8 Å². The van der Waals surface area contributed by atoms with E-state index in [1.807, 2.05) is 42.9 Å². The van der Waals surface area contributed by atoms with E-state index in [0.29, 0.717) is 13.1 Å². The molecule has 0 aliphatic heterocycles. The first-order chi connectivity index (χ1) is 12.0. The quantitative estimate of drug-likeness (QED) is 0.840. The number of hydrogen-bond acceptors (Lipinski definition) is 3. The molecule has 136 valence electrons. The maximum Gasteiger partial charge on any atom is 0.317 e. The molecule has 6 heteroatoms. The van der Waals surface area contributed by atoms with Crippen LogP contribution in [0.2, 0.25) is 0 Å². The van der Waals surface area contributed by atoms with Gasteiger partial charge in [-0.2, -0.15) is 5.10 Å². The number of benzene rings is 1. The van der Waals surface area contributed by atoms with Crippen molar-refractivity contribution in [2.24, 2.45) is 0 Å². The predicted octanol–water partition coefficient (Wildman–Crippen LogP) is 2.91. The second-order valence-electron chi connectivity index (χ2n) is 6.15. The number of ether oxygens (including phenoxy) is 1. The number of methoxy groups -OCH3 is 1. The fourth-order valence-corrected chi connectivity index (χ4v) is 2.88. The Balaban J connectivity index is 1.87. The van der Waals surface area contributed by atoms with Crippen LogP contribution < -0.4 is 10.1 Å². The fourth-order valence-electron chi connectivity index (χ4n) is 2.88. The standard InChI is InChI=1S/C19H28N4O2/c1-6-23-15(3)18(14(2)21-23)10-11-22(4)19(24)20-13-16-8-7-9-17(12-16)25-5/h7-9,12H,6,10-11,13H2,1-5H3,(H,20,24). The normalized spacial score (nSPS) is 10.6. The highest BCUT2D eigenvalue weighted by molar-refractivity contribution is 5.73. The van der Waals surface area contributed by atoms with Crippen molar-refractivity contribution in [2.45, 2.75) is 40.3 Å². The highest BCUT2D eigenvalue weighted by Gasteiger charge is 2.13. The van der Waals surface area contributed by atoms with Gasteiger partial charge in [-0.25, -0.2) is 4.79 Å². The van der Waals surface area contributed by atoms with Crippen LogP contribution in [0.25, 0.3) is 0 Å². The molecule has 2 amide bonds. The molecule has 0 saturated carbocycles. The monoisotopic (exact) mass is 344 g/mol. The minimum Gasteiger partial charge on any atom is -0.497 e. The molecule has 0 atom stereocenters. The number of nitrogens with one attached hydrogen (secondary N) is 1. The molecule has 1 aromatic carbocycles. The minimum absolute atomic E-state index is 0.0824. The van der Waals surface area contributed by atoms with E-state index in [1.165, 1.54) is 11.3 Å². The third-order valence-electron chi connectivity index (χ3n) is 4.45. The first-order valence-corrected chi connectivity index (χ1v) is 8.61. The Morgan fingerprint density at radius 3 is 2.76 bits per heavy atom. The molecule has 1 aromatic heterocycles. The second-order valence-corrected chi connectivity index (χ2v) is 6.15. The van der Waals surface area contributed by atoms with Gasteiger partial charge in [-0.15, -0.1) is 0 Å². The Bertz CT molecular complexity index is 724. The zero-order chi connectivity index (χ0) is 18.4. The van der Waals surface area contributed by atoms with E-state index in [0.717, 1.165) is 30.0 Å². The van der Waals surface area contributed by atoms with Crippen LogP contribution in [0.1, 0.15) is 29.4 Å². The highest BCUT2D eigenvalue weighted by Crippen LogP contribution is 2.14. The SMILES string of the molecule is CCn1nc(C)c(CCN(C)C(=O)NCc2cccc(OC)c2)c1C. The van der Waals surface area contributed by atoms with Gasteiger partial charge in [0.15, 0.2) is 0 Å². The Morgan fingerprint density at radius 1 is 1.36 bits per heavy atom. The van der Waals surface area contributed by atoms with Crippen molar-refractivity contribution in [1.29, 1.82) is 0 Å². The van der Waals surface area contributed by atoms with E-state index in [1.54, 1.807) is 12.0 Å². The van der Waals surface area contributed by atoms with E-state index >= 15 is 0 Å². The molecular formula is C19H28N4O2. The molecule has 0 aliphatic rings. The molecule has 1 heterocycles. The maximum atomic E-state index is 12.3. The predicted molar refractivity (Wildman–Crippen MR) is 98.9 cm³/mol. The van der Waals surface area contributed by atoms with Crippen LogP contribution in [0, 0.1) is 13.8 Å². The zero-order valence-electron chi connectivity index (χ0n) is 15.8. The summed E-state index contributed by atoms with van der Waals surface area (Å²) in [5.74, 6) is 0.791. The lowest BCUT2D eigenvalue weighted by molar-refractivity contribution is 0.209. The van der Waals surface area contributed by atoms with Gasteiger partial charge in [0.25, 0.3) is 0 Å². The van der Waals surface area contributed by atoms with E-state index < -0.39 is 0 Å². The number of nitrogens with zero attached hydrogens (tertiary/aromatic N) is 3. The van der Waals surface area contributed by atoms with Crippen LogP contribution in [0.3, 0.4) is 0 Å². The maximum absolute atomic E-state index is 12.3. The van der Waals surface area contributed by atoms with Crippen LogP contribution in [0.15, 0.2) is 24.3 Å². The van der Waals surface area contributed by atoms with Crippen LogP contribution in [-0.2, 0) is 19.5 Å². The molecule has 0 unspecified atom stereocenters. The van der Waals surface area contributed by atoms with Gasteiger partial charge < -0.3 is 15.0 Å². The van der Waals surface area contributed by atoms with Gasteiger partial charge in [-0.3, -0.25) is 4.68 Å². The molecule has 0 saturated heterocycles. The molecule has 0 spiro atoms. The Hall–Kier alpha value is -2.50. The minimum atomic E-state index is -0.0824. The lowest BCUT2D eigenvalue weighted by Gasteiger charge is -2.18. The van der Waals surface area contributed by atoms with Crippen molar-refractivity contribution >= 4 is 6.03 Å². The summed E-state index contributed by atoms with van der Waals surface area (Å²) in [4.78, 5) is 14.0. The molecule has 2 aromatic rings. The molecule has 2 rings (SSSR count). The number of amides is 2. The number of hydrogen-bond donors (Lipinski definition) is 1. The Kier molecular flexibility index (Phi) is 6.44. The van der Waals surface area contributed by atoms with Crippen LogP contribution in [-0.4, -0.2) is 41.4 Å². The Morgan fingerprint density at radius 2 is 2.12 bits per heavy atom. The van der Waals surface area contributed by atoms with Gasteiger partial charge in [0.1, 0.15) is 5.75 Å². The van der Waals surface area contributed by atoms with Crippen molar-refractivity contribution in [2.75, 3.05) is 20.7 Å². The number of rotatable bonds is 7. The van der Waals surface area contributed by atoms with Gasteiger partial charge in [-0.1, -0.05) is 12.1 Å². The van der Waals surface area contributed by atoms with E-state index in [-0.39, 0.29) is 6.03 Å². The molecule has 0 aliphatic carbocycles. The lowest BCUT2D eigenvalue weighted by Crippen LogP contribution is -2.38. The highest BCUT2D eigenvalue weighted by atomic mass is 16.5. The molecule has 0 fully saturated rings. The topological polar surface area (TPSA) is 59.4 Å². The first-order valence-electron chi connectivity index (χ1n) is 8.61. The van der Waals surface area contributed by atoms with Gasteiger partial charge in [0.2, 0.25) is 0 Å². The van der Waals surface area contributed by atoms with E-state index in [4.69, 9.17) is 4.74 Å². The summed E-state index contributed by atoms with van der Waals surface area (Å²) in [5.41, 5.74) is 4.47. The van der Waals surface area contributed by atoms with Gasteiger partial charge in [0, 0.05) is 32.4 Å². The summed E-state index contributed by atoms with van der Waals surface area (Å²) < 4.78 is 7.21. The van der Waals surface area contributed by atoms with E-state index in [2.05, 4.69) is 24.3 Å². The van der Waals surface area contributed by atoms with E-state index in [9.17, 15) is 4.79 Å². The van der Waals surface area contributed by atoms with Crippen molar-refractivity contribution in [3.05, 3.63) is 46.8 Å². The second kappa shape index (κ2) is 8.55. The molecule has 0 bridgehead atoms. The average molecular weight is 344 g/mol. The fraction of sp³-hybridized carbons (Fsp3) is 0.474. The van der Waals surface area contributed by atoms with Crippen molar-refractivity contribution < 1.29 is 9.53 Å². The molecule has 25 heavy (non-hydrogen) atoms. The summed E-state index contributed by atoms with van der Waals surface area (Å²) in [6, 6.07) is 7.61. The molecule has 0 radical (unpaired) electrons. The summed E-state index contributed by atoms with van der Waals surface area (Å²) in [6.07, 6.45) is 0.806. The van der Waals surface area contributed by atoms with Crippen LogP contribution in [0.5, 0.6) is 5.75 Å². The average Bonchev–Trinajstić information content (AvgIpc) is 2.91. The smallest absolute Gasteiger partial charge is 0.317 e. The summed E-state index contributed by atoms with van der Waals surface area (Å²) in [5, 5.41) is 7.47. The molecular weight excluding hydrogens is 316 g/mol. The van der Waals surface area contributed by atoms with Crippen LogP contribution >= 0.6 is 0 Å². The summed E-state index contributed by atoms with van der Waals surface area (Å²) >= 11 is 0. The van der Waals surface area contributed by atoms with Gasteiger partial charge in [-0.05, 0) is 50.5 Å². The summed E-state index contributed by atoms with van der Waals surface area (Å²) in [7, 11) is 3.45. The number of carbonyl (C=O) groups is 1. The number of likely N-dealkylation sites (N-methyl/N-ethyl adjacent to an activating group) is 1. The zero-order valence-corrected chi connectivity index (χ0v) is 15.8. The Labute approximate surface area is 149 Å². The lowest BCUT2D eigenvalue weighted by atomic mass is 10.1.